The van der Waals surface area contributed by atoms with E-state index in [9.17, 15) is 4.79 Å². The second kappa shape index (κ2) is 2.85. The summed E-state index contributed by atoms with van der Waals surface area (Å²) < 4.78 is 4.65. The Morgan fingerprint density at radius 3 is 3.00 bits per heavy atom. The molecule has 13 heavy (non-hydrogen) atoms. The summed E-state index contributed by atoms with van der Waals surface area (Å²) in [4.78, 5) is 11.4. The zero-order valence-corrected chi connectivity index (χ0v) is 7.28. The first-order chi connectivity index (χ1) is 6.18. The predicted octanol–water partition coefficient (Wildman–Crippen LogP) is -0.188. The van der Waals surface area contributed by atoms with Crippen molar-refractivity contribution >= 4 is 5.91 Å². The fourth-order valence-electron chi connectivity index (χ4n) is 1.12. The molecule has 70 valence electrons. The highest BCUT2D eigenvalue weighted by molar-refractivity contribution is 5.93. The molecule has 1 fully saturated rings. The molecule has 1 aromatic heterocycles. The summed E-state index contributed by atoms with van der Waals surface area (Å²) in [6.07, 6.45) is 2.30. The van der Waals surface area contributed by atoms with Crippen LogP contribution in [0.4, 0.5) is 0 Å². The minimum absolute atomic E-state index is 0.108. The summed E-state index contributed by atoms with van der Waals surface area (Å²) in [5, 5.41) is 6.35. The minimum Gasteiger partial charge on any atom is -0.364 e. The van der Waals surface area contributed by atoms with Crippen LogP contribution in [0.5, 0.6) is 0 Å². The highest BCUT2D eigenvalue weighted by atomic mass is 16.5. The van der Waals surface area contributed by atoms with Crippen LogP contribution in [0.25, 0.3) is 0 Å². The number of nitrogens with zero attached hydrogens (tertiary/aromatic N) is 1. The Kier molecular flexibility index (Phi) is 1.81. The first-order valence-electron chi connectivity index (χ1n) is 4.16. The third-order valence-electron chi connectivity index (χ3n) is 2.12. The lowest BCUT2D eigenvalue weighted by molar-refractivity contribution is 0.0940. The van der Waals surface area contributed by atoms with Gasteiger partial charge in [-0.3, -0.25) is 4.79 Å². The smallest absolute Gasteiger partial charge is 0.274 e. The van der Waals surface area contributed by atoms with Gasteiger partial charge in [-0.15, -0.1) is 0 Å². The molecule has 1 aliphatic carbocycles. The molecule has 0 aliphatic heterocycles. The van der Waals surface area contributed by atoms with E-state index < -0.39 is 0 Å². The summed E-state index contributed by atoms with van der Waals surface area (Å²) >= 11 is 0. The number of carbonyl (C=O) groups is 1. The van der Waals surface area contributed by atoms with Gasteiger partial charge in [-0.1, -0.05) is 5.16 Å². The number of amides is 1. The predicted molar refractivity (Wildman–Crippen MR) is 45.1 cm³/mol. The van der Waals surface area contributed by atoms with Gasteiger partial charge in [0.2, 0.25) is 0 Å². The SMILES string of the molecule is Cc1conc1C(=O)NC1CC1N. The highest BCUT2D eigenvalue weighted by Gasteiger charge is 2.35. The molecule has 3 N–H and O–H groups in total. The van der Waals surface area contributed by atoms with Gasteiger partial charge in [-0.2, -0.15) is 0 Å². The lowest BCUT2D eigenvalue weighted by Gasteiger charge is -1.99. The van der Waals surface area contributed by atoms with Crippen LogP contribution in [-0.2, 0) is 0 Å². The van der Waals surface area contributed by atoms with Crippen LogP contribution in [0, 0.1) is 6.92 Å². The van der Waals surface area contributed by atoms with Crippen LogP contribution in [0.3, 0.4) is 0 Å². The molecule has 5 nitrogen and oxygen atoms in total. The van der Waals surface area contributed by atoms with Crippen molar-refractivity contribution in [2.75, 3.05) is 0 Å². The van der Waals surface area contributed by atoms with E-state index in [-0.39, 0.29) is 18.0 Å². The Balaban J connectivity index is 2.01. The van der Waals surface area contributed by atoms with E-state index in [0.29, 0.717) is 5.69 Å². The third-order valence-corrected chi connectivity index (χ3v) is 2.12. The summed E-state index contributed by atoms with van der Waals surface area (Å²) in [5.74, 6) is -0.204. The van der Waals surface area contributed by atoms with Crippen molar-refractivity contribution in [2.45, 2.75) is 25.4 Å². The first kappa shape index (κ1) is 8.25. The Morgan fingerprint density at radius 2 is 2.54 bits per heavy atom. The standard InChI is InChI=1S/C8H11N3O2/c1-4-3-13-11-7(4)8(12)10-6-2-5(6)9/h3,5-6H,2,9H2,1H3,(H,10,12). The first-order valence-corrected chi connectivity index (χ1v) is 4.16. The number of carbonyl (C=O) groups excluding carboxylic acids is 1. The second-order valence-electron chi connectivity index (χ2n) is 3.33. The zero-order chi connectivity index (χ0) is 9.42. The molecule has 2 unspecified atom stereocenters. The van der Waals surface area contributed by atoms with Crippen LogP contribution in [-0.4, -0.2) is 23.1 Å². The summed E-state index contributed by atoms with van der Waals surface area (Å²) in [6.45, 7) is 1.78. The molecule has 0 saturated heterocycles. The maximum atomic E-state index is 11.4. The van der Waals surface area contributed by atoms with Crippen molar-refractivity contribution in [3.8, 4) is 0 Å². The van der Waals surface area contributed by atoms with Gasteiger partial charge in [0.1, 0.15) is 6.26 Å². The maximum Gasteiger partial charge on any atom is 0.274 e. The highest BCUT2D eigenvalue weighted by Crippen LogP contribution is 2.18. The van der Waals surface area contributed by atoms with E-state index in [1.165, 1.54) is 6.26 Å². The average Bonchev–Trinajstić information content (AvgIpc) is 2.62. The minimum atomic E-state index is -0.204. The number of aromatic nitrogens is 1. The molecule has 1 aromatic rings. The third kappa shape index (κ3) is 1.55. The van der Waals surface area contributed by atoms with Crippen LogP contribution < -0.4 is 11.1 Å². The van der Waals surface area contributed by atoms with Crippen LogP contribution in [0.15, 0.2) is 10.8 Å². The molecule has 1 saturated carbocycles. The number of hydrogen-bond donors (Lipinski definition) is 2. The Bertz CT molecular complexity index is 334. The van der Waals surface area contributed by atoms with Crippen LogP contribution in [0.1, 0.15) is 22.5 Å². The van der Waals surface area contributed by atoms with E-state index in [4.69, 9.17) is 5.73 Å². The number of hydrogen-bond acceptors (Lipinski definition) is 4. The largest absolute Gasteiger partial charge is 0.364 e. The molecule has 1 amide bonds. The van der Waals surface area contributed by atoms with Gasteiger partial charge in [0.05, 0.1) is 0 Å². The molecular weight excluding hydrogens is 170 g/mol. The van der Waals surface area contributed by atoms with E-state index >= 15 is 0 Å². The molecule has 0 radical (unpaired) electrons. The summed E-state index contributed by atoms with van der Waals surface area (Å²) in [6, 6.07) is 0.222. The van der Waals surface area contributed by atoms with Gasteiger partial charge in [-0.25, -0.2) is 0 Å². The van der Waals surface area contributed by atoms with Crippen molar-refractivity contribution in [2.24, 2.45) is 5.73 Å². The molecule has 1 heterocycles. The van der Waals surface area contributed by atoms with Gasteiger partial charge >= 0.3 is 0 Å². The van der Waals surface area contributed by atoms with Gasteiger partial charge in [0.15, 0.2) is 5.69 Å². The topological polar surface area (TPSA) is 81.2 Å². The molecule has 0 bridgehead atoms. The molecule has 5 heteroatoms. The molecule has 2 rings (SSSR count). The Labute approximate surface area is 75.3 Å². The van der Waals surface area contributed by atoms with Crippen molar-refractivity contribution in [3.05, 3.63) is 17.5 Å². The van der Waals surface area contributed by atoms with E-state index in [2.05, 4.69) is 15.0 Å². The molecular formula is C8H11N3O2. The summed E-state index contributed by atoms with van der Waals surface area (Å²) in [7, 11) is 0. The van der Waals surface area contributed by atoms with Gasteiger partial charge < -0.3 is 15.6 Å². The number of nitrogens with two attached hydrogens (primary N) is 1. The maximum absolute atomic E-state index is 11.4. The van der Waals surface area contributed by atoms with E-state index in [0.717, 1.165) is 12.0 Å². The van der Waals surface area contributed by atoms with Crippen molar-refractivity contribution in [1.82, 2.24) is 10.5 Å². The molecule has 0 spiro atoms. The van der Waals surface area contributed by atoms with Gasteiger partial charge in [0, 0.05) is 17.6 Å². The fraction of sp³-hybridized carbons (Fsp3) is 0.500. The molecule has 2 atom stereocenters. The fourth-order valence-corrected chi connectivity index (χ4v) is 1.12. The Hall–Kier alpha value is -1.36. The van der Waals surface area contributed by atoms with Gasteiger partial charge in [0.25, 0.3) is 5.91 Å². The number of aryl methyl sites for hydroxylation is 1. The lowest BCUT2D eigenvalue weighted by Crippen LogP contribution is -2.30. The average molecular weight is 181 g/mol. The monoisotopic (exact) mass is 181 g/mol. The Morgan fingerprint density at radius 1 is 1.85 bits per heavy atom. The zero-order valence-electron chi connectivity index (χ0n) is 7.28. The second-order valence-corrected chi connectivity index (χ2v) is 3.33. The molecule has 0 aromatic carbocycles. The number of nitrogens with one attached hydrogen (secondary N) is 1. The normalized spacial score (nSPS) is 25.7. The van der Waals surface area contributed by atoms with Crippen LogP contribution in [0.2, 0.25) is 0 Å². The van der Waals surface area contributed by atoms with E-state index in [1.807, 2.05) is 0 Å². The molecule has 1 aliphatic rings. The van der Waals surface area contributed by atoms with Crippen molar-refractivity contribution < 1.29 is 9.32 Å². The summed E-state index contributed by atoms with van der Waals surface area (Å²) in [5.41, 5.74) is 6.64. The van der Waals surface area contributed by atoms with Crippen molar-refractivity contribution in [3.63, 3.8) is 0 Å². The van der Waals surface area contributed by atoms with Crippen molar-refractivity contribution in [1.29, 1.82) is 0 Å². The number of rotatable bonds is 2. The van der Waals surface area contributed by atoms with E-state index in [1.54, 1.807) is 6.92 Å². The van der Waals surface area contributed by atoms with Gasteiger partial charge in [-0.05, 0) is 13.3 Å². The lowest BCUT2D eigenvalue weighted by atomic mass is 10.2. The quantitative estimate of drug-likeness (QED) is 0.662. The van der Waals surface area contributed by atoms with Crippen LogP contribution >= 0.6 is 0 Å².